The van der Waals surface area contributed by atoms with Crippen LogP contribution in [0.3, 0.4) is 0 Å². The highest BCUT2D eigenvalue weighted by atomic mass is 35.5. The van der Waals surface area contributed by atoms with Gasteiger partial charge >= 0.3 is 6.18 Å². The van der Waals surface area contributed by atoms with E-state index in [9.17, 15) is 18.0 Å². The zero-order chi connectivity index (χ0) is 18.0. The Bertz CT molecular complexity index is 894. The summed E-state index contributed by atoms with van der Waals surface area (Å²) in [6.45, 7) is 0. The van der Waals surface area contributed by atoms with Crippen molar-refractivity contribution in [3.63, 3.8) is 0 Å². The van der Waals surface area contributed by atoms with Gasteiger partial charge in [0.1, 0.15) is 0 Å². The Morgan fingerprint density at radius 1 is 1.32 bits per heavy atom. The van der Waals surface area contributed by atoms with Crippen LogP contribution in [0.5, 0.6) is 0 Å². The summed E-state index contributed by atoms with van der Waals surface area (Å²) in [4.78, 5) is 16.8. The average Bonchev–Trinajstić information content (AvgIpc) is 3.19. The minimum absolute atomic E-state index is 0.00580. The largest absolute Gasteiger partial charge is 0.416 e. The minimum atomic E-state index is -4.53. The first-order valence-electron chi connectivity index (χ1n) is 6.86. The summed E-state index contributed by atoms with van der Waals surface area (Å²) in [7, 11) is 0. The smallest absolute Gasteiger partial charge is 0.333 e. The molecular weight excluding hydrogens is 379 g/mol. The van der Waals surface area contributed by atoms with E-state index in [0.29, 0.717) is 0 Å². The van der Waals surface area contributed by atoms with Gasteiger partial charge < -0.3 is 9.84 Å². The van der Waals surface area contributed by atoms with E-state index in [1.165, 1.54) is 11.3 Å². The summed E-state index contributed by atoms with van der Waals surface area (Å²) in [6, 6.07) is 6.28. The van der Waals surface area contributed by atoms with Gasteiger partial charge in [-0.05, 0) is 29.6 Å². The highest BCUT2D eigenvalue weighted by Crippen LogP contribution is 2.33. The fraction of sp³-hybridized carbons (Fsp3) is 0.133. The van der Waals surface area contributed by atoms with Gasteiger partial charge in [0, 0.05) is 0 Å². The van der Waals surface area contributed by atoms with E-state index in [2.05, 4.69) is 15.5 Å². The summed E-state index contributed by atoms with van der Waals surface area (Å²) in [6.07, 6.45) is -4.80. The molecule has 10 heteroatoms. The third-order valence-corrected chi connectivity index (χ3v) is 4.27. The molecule has 0 aliphatic heterocycles. The number of rotatable bonds is 4. The van der Waals surface area contributed by atoms with Gasteiger partial charge in [-0.15, -0.1) is 11.3 Å². The molecule has 0 fully saturated rings. The molecule has 0 atom stereocenters. The number of alkyl halides is 3. The van der Waals surface area contributed by atoms with Crippen molar-refractivity contribution in [1.29, 1.82) is 0 Å². The number of hydrogen-bond donors (Lipinski definition) is 1. The van der Waals surface area contributed by atoms with Gasteiger partial charge in [0.05, 0.1) is 27.6 Å². The third-order valence-electron chi connectivity index (χ3n) is 3.09. The number of hydrogen-bond acceptors (Lipinski definition) is 5. The second kappa shape index (κ2) is 6.85. The number of benzene rings is 1. The monoisotopic (exact) mass is 387 g/mol. The molecule has 3 aromatic rings. The van der Waals surface area contributed by atoms with Gasteiger partial charge in [-0.1, -0.05) is 22.8 Å². The van der Waals surface area contributed by atoms with E-state index >= 15 is 0 Å². The second-order valence-electron chi connectivity index (χ2n) is 4.91. The first-order valence-corrected chi connectivity index (χ1v) is 8.12. The van der Waals surface area contributed by atoms with Crippen molar-refractivity contribution in [2.75, 3.05) is 5.32 Å². The minimum Gasteiger partial charge on any atom is -0.333 e. The van der Waals surface area contributed by atoms with E-state index in [1.54, 1.807) is 6.07 Å². The van der Waals surface area contributed by atoms with Crippen LogP contribution in [0, 0.1) is 0 Å². The van der Waals surface area contributed by atoms with Crippen LogP contribution in [-0.4, -0.2) is 16.0 Å². The molecule has 5 nitrogen and oxygen atoms in total. The van der Waals surface area contributed by atoms with Crippen molar-refractivity contribution in [2.45, 2.75) is 12.6 Å². The predicted octanol–water partition coefficient (Wildman–Crippen LogP) is 4.65. The van der Waals surface area contributed by atoms with Crippen molar-refractivity contribution < 1.29 is 22.5 Å². The number of nitrogens with one attached hydrogen (secondary N) is 1. The standard InChI is InChI=1S/C15H9ClF3N3O2S/c16-9-4-3-8(15(17,18)19)6-10(9)20-13(23)7-12-21-14(24-22-12)11-2-1-5-25-11/h1-6H,7H2,(H,20,23). The lowest BCUT2D eigenvalue weighted by Crippen LogP contribution is -2.16. The molecule has 0 radical (unpaired) electrons. The first kappa shape index (κ1) is 17.4. The fourth-order valence-electron chi connectivity index (χ4n) is 1.96. The van der Waals surface area contributed by atoms with Crippen molar-refractivity contribution >= 4 is 34.5 Å². The van der Waals surface area contributed by atoms with Gasteiger partial charge in [0.15, 0.2) is 5.82 Å². The second-order valence-corrected chi connectivity index (χ2v) is 6.27. The van der Waals surface area contributed by atoms with Crippen molar-refractivity contribution in [1.82, 2.24) is 10.1 Å². The Morgan fingerprint density at radius 2 is 2.12 bits per heavy atom. The molecule has 0 bridgehead atoms. The number of thiophene rings is 1. The van der Waals surface area contributed by atoms with E-state index in [0.717, 1.165) is 23.1 Å². The van der Waals surface area contributed by atoms with E-state index in [-0.39, 0.29) is 28.8 Å². The summed E-state index contributed by atoms with van der Waals surface area (Å²) >= 11 is 7.23. The third kappa shape index (κ3) is 4.18. The summed E-state index contributed by atoms with van der Waals surface area (Å²) in [5.74, 6) is -0.223. The number of carbonyl (C=O) groups is 1. The predicted molar refractivity (Wildman–Crippen MR) is 86.4 cm³/mol. The number of amides is 1. The van der Waals surface area contributed by atoms with Crippen LogP contribution in [0.2, 0.25) is 5.02 Å². The Morgan fingerprint density at radius 3 is 2.80 bits per heavy atom. The Balaban J connectivity index is 1.71. The van der Waals surface area contributed by atoms with Crippen LogP contribution in [0.15, 0.2) is 40.2 Å². The molecule has 2 aromatic heterocycles. The molecule has 0 saturated heterocycles. The van der Waals surface area contributed by atoms with Gasteiger partial charge in [-0.2, -0.15) is 18.2 Å². The molecular formula is C15H9ClF3N3O2S. The molecule has 130 valence electrons. The SMILES string of the molecule is O=C(Cc1noc(-c2cccs2)n1)Nc1cc(C(F)(F)F)ccc1Cl. The number of halogens is 4. The van der Waals surface area contributed by atoms with Gasteiger partial charge in [0.2, 0.25) is 5.91 Å². The molecule has 0 unspecified atom stereocenters. The lowest BCUT2D eigenvalue weighted by molar-refractivity contribution is -0.137. The van der Waals surface area contributed by atoms with E-state index in [4.69, 9.17) is 16.1 Å². The molecule has 0 spiro atoms. The average molecular weight is 388 g/mol. The van der Waals surface area contributed by atoms with Gasteiger partial charge in [-0.3, -0.25) is 4.79 Å². The Hall–Kier alpha value is -2.39. The van der Waals surface area contributed by atoms with Crippen LogP contribution in [0.25, 0.3) is 10.8 Å². The fourth-order valence-corrected chi connectivity index (χ4v) is 2.77. The Labute approximate surface area is 148 Å². The van der Waals surface area contributed by atoms with Crippen molar-refractivity contribution in [3.8, 4) is 10.8 Å². The molecule has 3 rings (SSSR count). The Kier molecular flexibility index (Phi) is 4.78. The molecule has 1 N–H and O–H groups in total. The maximum Gasteiger partial charge on any atom is 0.416 e. The van der Waals surface area contributed by atoms with Crippen LogP contribution < -0.4 is 5.32 Å². The number of anilines is 1. The van der Waals surface area contributed by atoms with Crippen LogP contribution >= 0.6 is 22.9 Å². The quantitative estimate of drug-likeness (QED) is 0.707. The molecule has 25 heavy (non-hydrogen) atoms. The number of carbonyl (C=O) groups excluding carboxylic acids is 1. The normalized spacial score (nSPS) is 11.5. The molecule has 1 aromatic carbocycles. The molecule has 0 aliphatic rings. The van der Waals surface area contributed by atoms with Crippen molar-refractivity contribution in [2.24, 2.45) is 0 Å². The maximum atomic E-state index is 12.7. The molecule has 0 aliphatic carbocycles. The van der Waals surface area contributed by atoms with Crippen molar-refractivity contribution in [3.05, 3.63) is 52.1 Å². The highest BCUT2D eigenvalue weighted by molar-refractivity contribution is 7.13. The number of nitrogens with zero attached hydrogens (tertiary/aromatic N) is 2. The summed E-state index contributed by atoms with van der Waals surface area (Å²) in [5.41, 5.74) is -1.05. The van der Waals surface area contributed by atoms with Gasteiger partial charge in [0.25, 0.3) is 5.89 Å². The zero-order valence-electron chi connectivity index (χ0n) is 12.3. The summed E-state index contributed by atoms with van der Waals surface area (Å²) < 4.78 is 43.2. The lowest BCUT2D eigenvalue weighted by Gasteiger charge is -2.11. The maximum absolute atomic E-state index is 12.7. The van der Waals surface area contributed by atoms with Crippen LogP contribution in [-0.2, 0) is 17.4 Å². The highest BCUT2D eigenvalue weighted by Gasteiger charge is 2.31. The van der Waals surface area contributed by atoms with Crippen LogP contribution in [0.1, 0.15) is 11.4 Å². The topological polar surface area (TPSA) is 68.0 Å². The first-order chi connectivity index (χ1) is 11.8. The van der Waals surface area contributed by atoms with E-state index in [1.807, 2.05) is 11.4 Å². The van der Waals surface area contributed by atoms with Crippen LogP contribution in [0.4, 0.5) is 18.9 Å². The molecule has 0 saturated carbocycles. The van der Waals surface area contributed by atoms with Gasteiger partial charge in [-0.25, -0.2) is 0 Å². The summed E-state index contributed by atoms with van der Waals surface area (Å²) in [5, 5.41) is 7.83. The molecule has 2 heterocycles. The zero-order valence-corrected chi connectivity index (χ0v) is 13.9. The van der Waals surface area contributed by atoms with E-state index < -0.39 is 17.6 Å². The lowest BCUT2D eigenvalue weighted by atomic mass is 10.2. The number of aromatic nitrogens is 2. The molecule has 1 amide bonds.